The van der Waals surface area contributed by atoms with Crippen LogP contribution in [0.5, 0.6) is 0 Å². The first-order valence-corrected chi connectivity index (χ1v) is 12.4. The molecule has 0 radical (unpaired) electrons. The molecule has 172 valence electrons. The number of benzene rings is 2. The molecule has 2 aromatic heterocycles. The molecule has 2 N–H and O–H groups in total. The molecular formula is C24H19ClFN5O2S. The van der Waals surface area contributed by atoms with Crippen LogP contribution in [-0.4, -0.2) is 24.6 Å². The van der Waals surface area contributed by atoms with Gasteiger partial charge in [0.1, 0.15) is 11.9 Å². The van der Waals surface area contributed by atoms with Gasteiger partial charge in [-0.1, -0.05) is 29.8 Å². The fourth-order valence-electron chi connectivity index (χ4n) is 3.54. The van der Waals surface area contributed by atoms with Crippen molar-refractivity contribution in [3.63, 3.8) is 0 Å². The number of pyridine rings is 2. The molecule has 0 saturated carbocycles. The Balaban J connectivity index is 1.80. The number of aromatic nitrogens is 2. The summed E-state index contributed by atoms with van der Waals surface area (Å²) >= 11 is 6.06. The standard InChI is InChI=1S/C24H19ClFN5O2S/c1-14(15-3-6-19(26)7-4-15)30-23-18(11-27)13-28-21-8-5-16(9-20(21)23)17-10-22(24(25)29-12-17)31-34(2,32)33/h3-10,12-14,31H,1-2H3,(H,28,30)/t14-/m1/s1. The van der Waals surface area contributed by atoms with Crippen molar-refractivity contribution in [3.8, 4) is 17.2 Å². The maximum absolute atomic E-state index is 13.3. The number of nitriles is 1. The van der Waals surface area contributed by atoms with Gasteiger partial charge in [-0.25, -0.2) is 17.8 Å². The minimum atomic E-state index is -3.55. The number of nitrogens with zero attached hydrogens (tertiary/aromatic N) is 3. The molecule has 34 heavy (non-hydrogen) atoms. The molecule has 0 unspecified atom stereocenters. The summed E-state index contributed by atoms with van der Waals surface area (Å²) in [4.78, 5) is 8.47. The number of fused-ring (bicyclic) bond motifs is 1. The number of nitrogens with one attached hydrogen (secondary N) is 2. The average molecular weight is 496 g/mol. The van der Waals surface area contributed by atoms with Crippen molar-refractivity contribution in [3.05, 3.63) is 83.0 Å². The van der Waals surface area contributed by atoms with Gasteiger partial charge in [0.2, 0.25) is 10.0 Å². The van der Waals surface area contributed by atoms with E-state index in [2.05, 4.69) is 26.1 Å². The highest BCUT2D eigenvalue weighted by atomic mass is 35.5. The van der Waals surface area contributed by atoms with Gasteiger partial charge in [0, 0.05) is 29.4 Å². The molecular weight excluding hydrogens is 477 g/mol. The highest BCUT2D eigenvalue weighted by Crippen LogP contribution is 2.34. The minimum Gasteiger partial charge on any atom is -0.377 e. The Morgan fingerprint density at radius 1 is 1.06 bits per heavy atom. The highest BCUT2D eigenvalue weighted by Gasteiger charge is 2.15. The van der Waals surface area contributed by atoms with Gasteiger partial charge < -0.3 is 5.32 Å². The fourth-order valence-corrected chi connectivity index (χ4v) is 4.30. The minimum absolute atomic E-state index is 0.0267. The maximum atomic E-state index is 13.3. The number of hydrogen-bond acceptors (Lipinski definition) is 6. The molecule has 0 bridgehead atoms. The van der Waals surface area contributed by atoms with Crippen LogP contribution >= 0.6 is 11.6 Å². The normalized spacial score (nSPS) is 12.2. The quantitative estimate of drug-likeness (QED) is 0.342. The Morgan fingerprint density at radius 2 is 1.79 bits per heavy atom. The van der Waals surface area contributed by atoms with Gasteiger partial charge in [0.25, 0.3) is 0 Å². The second-order valence-corrected chi connectivity index (χ2v) is 9.85. The summed E-state index contributed by atoms with van der Waals surface area (Å²) in [7, 11) is -3.55. The summed E-state index contributed by atoms with van der Waals surface area (Å²) in [6.45, 7) is 1.91. The predicted octanol–water partition coefficient (Wildman–Crippen LogP) is 5.51. The highest BCUT2D eigenvalue weighted by molar-refractivity contribution is 7.92. The van der Waals surface area contributed by atoms with Gasteiger partial charge in [-0.2, -0.15) is 5.26 Å². The van der Waals surface area contributed by atoms with Crippen LogP contribution in [0.1, 0.15) is 24.1 Å². The van der Waals surface area contributed by atoms with E-state index in [9.17, 15) is 18.1 Å². The Hall–Kier alpha value is -3.74. The summed E-state index contributed by atoms with van der Waals surface area (Å²) in [5.74, 6) is -0.325. The predicted molar refractivity (Wildman–Crippen MR) is 132 cm³/mol. The van der Waals surface area contributed by atoms with Gasteiger partial charge >= 0.3 is 0 Å². The van der Waals surface area contributed by atoms with Gasteiger partial charge in [-0.3, -0.25) is 9.71 Å². The van der Waals surface area contributed by atoms with Crippen molar-refractivity contribution in [1.29, 1.82) is 5.26 Å². The Bertz CT molecular complexity index is 1540. The molecule has 0 aliphatic rings. The Labute approximate surface area is 201 Å². The average Bonchev–Trinajstić information content (AvgIpc) is 2.80. The summed E-state index contributed by atoms with van der Waals surface area (Å²) in [6.07, 6.45) is 4.06. The zero-order valence-electron chi connectivity index (χ0n) is 18.2. The zero-order valence-corrected chi connectivity index (χ0v) is 19.7. The van der Waals surface area contributed by atoms with E-state index in [1.54, 1.807) is 24.3 Å². The second-order valence-electron chi connectivity index (χ2n) is 7.74. The first-order valence-electron chi connectivity index (χ1n) is 10.1. The lowest BCUT2D eigenvalue weighted by atomic mass is 10.0. The van der Waals surface area contributed by atoms with Gasteiger partial charge in [0.15, 0.2) is 5.15 Å². The SMILES string of the molecule is C[C@@H](Nc1c(C#N)cnc2ccc(-c3cnc(Cl)c(NS(C)(=O)=O)c3)cc12)c1ccc(F)cc1. The molecule has 2 heterocycles. The summed E-state index contributed by atoms with van der Waals surface area (Å²) in [5.41, 5.74) is 3.96. The van der Waals surface area contributed by atoms with Crippen LogP contribution in [0.25, 0.3) is 22.0 Å². The Kier molecular flexibility index (Phi) is 6.37. The molecule has 0 aliphatic heterocycles. The summed E-state index contributed by atoms with van der Waals surface area (Å²) < 4.78 is 39.0. The number of hydrogen-bond donors (Lipinski definition) is 2. The lowest BCUT2D eigenvalue weighted by Gasteiger charge is -2.19. The molecule has 0 aliphatic carbocycles. The van der Waals surface area contributed by atoms with E-state index >= 15 is 0 Å². The largest absolute Gasteiger partial charge is 0.377 e. The molecule has 4 aromatic rings. The third-order valence-electron chi connectivity index (χ3n) is 5.19. The van der Waals surface area contributed by atoms with E-state index in [0.29, 0.717) is 27.7 Å². The molecule has 2 aromatic carbocycles. The van der Waals surface area contributed by atoms with Gasteiger partial charge in [-0.15, -0.1) is 0 Å². The Morgan fingerprint density at radius 3 is 2.47 bits per heavy atom. The third-order valence-corrected chi connectivity index (χ3v) is 6.08. The number of sulfonamides is 1. The van der Waals surface area contributed by atoms with Crippen molar-refractivity contribution >= 4 is 43.9 Å². The van der Waals surface area contributed by atoms with Crippen molar-refractivity contribution in [2.24, 2.45) is 0 Å². The van der Waals surface area contributed by atoms with E-state index in [1.165, 1.54) is 24.5 Å². The second kappa shape index (κ2) is 9.25. The van der Waals surface area contributed by atoms with E-state index in [-0.39, 0.29) is 22.7 Å². The molecule has 0 spiro atoms. The van der Waals surface area contributed by atoms with Crippen LogP contribution in [0.3, 0.4) is 0 Å². The topological polar surface area (TPSA) is 108 Å². The number of rotatable bonds is 6. The van der Waals surface area contributed by atoms with Crippen molar-refractivity contribution in [1.82, 2.24) is 9.97 Å². The lowest BCUT2D eigenvalue weighted by molar-refractivity contribution is 0.606. The fraction of sp³-hybridized carbons (Fsp3) is 0.125. The van der Waals surface area contributed by atoms with Crippen LogP contribution in [0.2, 0.25) is 5.15 Å². The van der Waals surface area contributed by atoms with Crippen LogP contribution in [-0.2, 0) is 10.0 Å². The van der Waals surface area contributed by atoms with Crippen molar-refractivity contribution < 1.29 is 12.8 Å². The van der Waals surface area contributed by atoms with E-state index < -0.39 is 10.0 Å². The molecule has 10 heteroatoms. The molecule has 0 saturated heterocycles. The maximum Gasteiger partial charge on any atom is 0.229 e. The van der Waals surface area contributed by atoms with Crippen molar-refractivity contribution in [2.75, 3.05) is 16.3 Å². The van der Waals surface area contributed by atoms with E-state index in [0.717, 1.165) is 17.4 Å². The molecule has 4 rings (SSSR count). The molecule has 1 atom stereocenters. The van der Waals surface area contributed by atoms with Crippen molar-refractivity contribution in [2.45, 2.75) is 13.0 Å². The van der Waals surface area contributed by atoms with Crippen LogP contribution < -0.4 is 10.0 Å². The first kappa shape index (κ1) is 23.4. The summed E-state index contributed by atoms with van der Waals surface area (Å²) in [6, 6.07) is 15.1. The third kappa shape index (κ3) is 5.09. The zero-order chi connectivity index (χ0) is 24.5. The van der Waals surface area contributed by atoms with Crippen LogP contribution in [0.15, 0.2) is 60.9 Å². The number of halogens is 2. The molecule has 0 fully saturated rings. The summed E-state index contributed by atoms with van der Waals surface area (Å²) in [5, 5.41) is 13.8. The lowest BCUT2D eigenvalue weighted by Crippen LogP contribution is -2.10. The van der Waals surface area contributed by atoms with Gasteiger partial charge in [0.05, 0.1) is 28.7 Å². The molecule has 7 nitrogen and oxygen atoms in total. The van der Waals surface area contributed by atoms with Crippen LogP contribution in [0, 0.1) is 17.1 Å². The number of anilines is 2. The first-order chi connectivity index (χ1) is 16.1. The smallest absolute Gasteiger partial charge is 0.229 e. The molecule has 0 amide bonds. The van der Waals surface area contributed by atoms with Gasteiger partial charge in [-0.05, 0) is 48.4 Å². The van der Waals surface area contributed by atoms with Crippen LogP contribution in [0.4, 0.5) is 15.8 Å². The van der Waals surface area contributed by atoms with E-state index in [4.69, 9.17) is 11.6 Å². The van der Waals surface area contributed by atoms with E-state index in [1.807, 2.05) is 19.1 Å². The monoisotopic (exact) mass is 495 g/mol.